The van der Waals surface area contributed by atoms with Gasteiger partial charge in [0.2, 0.25) is 6.10 Å². The average molecular weight is 353 g/mol. The van der Waals surface area contributed by atoms with E-state index in [1.807, 2.05) is 44.3 Å². The van der Waals surface area contributed by atoms with E-state index in [9.17, 15) is 4.79 Å². The molecule has 0 radical (unpaired) electrons. The van der Waals surface area contributed by atoms with Gasteiger partial charge < -0.3 is 15.1 Å². The fraction of sp³-hybridized carbons (Fsp3) is 0.368. The highest BCUT2D eigenvalue weighted by Gasteiger charge is 2.26. The molecule has 3 rings (SSSR count). The minimum atomic E-state index is -0.531. The molecule has 0 aliphatic carbocycles. The standard InChI is InChI=1S/C19H23N5O2/c1-14-12-17(26-23-14)19(25)22-13-15-6-5-10-21-18(15)24(2)11-8-16-7-3-4-9-20-16/h3-7,9-10,17H,8,11-13H2,1-2H3,(H,22,25). The first-order chi connectivity index (χ1) is 12.6. The van der Waals surface area contributed by atoms with Crippen LogP contribution in [0.25, 0.3) is 0 Å². The van der Waals surface area contributed by atoms with Crippen molar-refractivity contribution in [2.75, 3.05) is 18.5 Å². The largest absolute Gasteiger partial charge is 0.382 e. The molecular formula is C19H23N5O2. The molecule has 0 saturated carbocycles. The van der Waals surface area contributed by atoms with Crippen LogP contribution in [-0.4, -0.2) is 41.3 Å². The Kier molecular flexibility index (Phi) is 5.78. The molecule has 1 N–H and O–H groups in total. The Morgan fingerprint density at radius 3 is 2.85 bits per heavy atom. The lowest BCUT2D eigenvalue weighted by Crippen LogP contribution is -2.34. The molecule has 1 aliphatic heterocycles. The number of likely N-dealkylation sites (N-methyl/N-ethyl adjacent to an activating group) is 1. The number of pyridine rings is 2. The van der Waals surface area contributed by atoms with Crippen LogP contribution in [0.3, 0.4) is 0 Å². The molecule has 0 saturated heterocycles. The SMILES string of the molecule is CC1=NOC(C(=O)NCc2cccnc2N(C)CCc2ccccn2)C1. The number of carbonyl (C=O) groups excluding carboxylic acids is 1. The highest BCUT2D eigenvalue weighted by atomic mass is 16.6. The summed E-state index contributed by atoms with van der Waals surface area (Å²) in [5.41, 5.74) is 2.83. The van der Waals surface area contributed by atoms with Gasteiger partial charge in [0.05, 0.1) is 5.71 Å². The number of amides is 1. The lowest BCUT2D eigenvalue weighted by atomic mass is 10.2. The predicted molar refractivity (Wildman–Crippen MR) is 99.9 cm³/mol. The van der Waals surface area contributed by atoms with Crippen LogP contribution in [0.5, 0.6) is 0 Å². The molecule has 0 aromatic carbocycles. The van der Waals surface area contributed by atoms with Gasteiger partial charge >= 0.3 is 0 Å². The number of nitrogens with one attached hydrogen (secondary N) is 1. The number of hydrogen-bond acceptors (Lipinski definition) is 6. The quantitative estimate of drug-likeness (QED) is 0.823. The maximum Gasteiger partial charge on any atom is 0.264 e. The lowest BCUT2D eigenvalue weighted by molar-refractivity contribution is -0.131. The molecule has 7 nitrogen and oxygen atoms in total. The van der Waals surface area contributed by atoms with Crippen molar-refractivity contribution in [1.29, 1.82) is 0 Å². The van der Waals surface area contributed by atoms with E-state index < -0.39 is 6.10 Å². The van der Waals surface area contributed by atoms with E-state index in [-0.39, 0.29) is 5.91 Å². The van der Waals surface area contributed by atoms with Gasteiger partial charge in [-0.1, -0.05) is 17.3 Å². The molecule has 7 heteroatoms. The van der Waals surface area contributed by atoms with Gasteiger partial charge in [-0.3, -0.25) is 9.78 Å². The average Bonchev–Trinajstić information content (AvgIpc) is 3.12. The fourth-order valence-electron chi connectivity index (χ4n) is 2.78. The van der Waals surface area contributed by atoms with Crippen LogP contribution in [0.15, 0.2) is 47.9 Å². The van der Waals surface area contributed by atoms with Gasteiger partial charge in [-0.15, -0.1) is 0 Å². The first-order valence-corrected chi connectivity index (χ1v) is 8.65. The summed E-state index contributed by atoms with van der Waals surface area (Å²) in [7, 11) is 1.99. The molecule has 26 heavy (non-hydrogen) atoms. The highest BCUT2D eigenvalue weighted by molar-refractivity contribution is 5.91. The summed E-state index contributed by atoms with van der Waals surface area (Å²) in [5, 5.41) is 6.74. The molecule has 136 valence electrons. The Hall–Kier alpha value is -2.96. The predicted octanol–water partition coefficient (Wildman–Crippen LogP) is 1.94. The van der Waals surface area contributed by atoms with E-state index >= 15 is 0 Å². The van der Waals surface area contributed by atoms with Gasteiger partial charge in [-0.2, -0.15) is 0 Å². The summed E-state index contributed by atoms with van der Waals surface area (Å²) >= 11 is 0. The summed E-state index contributed by atoms with van der Waals surface area (Å²) in [5.74, 6) is 0.694. The Bertz CT molecular complexity index is 779. The summed E-state index contributed by atoms with van der Waals surface area (Å²) in [6, 6.07) is 9.75. The number of nitrogens with zero attached hydrogens (tertiary/aromatic N) is 4. The van der Waals surface area contributed by atoms with Gasteiger partial charge in [-0.25, -0.2) is 4.98 Å². The summed E-state index contributed by atoms with van der Waals surface area (Å²) in [6.45, 7) is 3.03. The zero-order chi connectivity index (χ0) is 18.4. The zero-order valence-corrected chi connectivity index (χ0v) is 15.1. The van der Waals surface area contributed by atoms with Crippen molar-refractivity contribution in [3.8, 4) is 0 Å². The van der Waals surface area contributed by atoms with Gasteiger partial charge in [0.25, 0.3) is 5.91 Å². The fourth-order valence-corrected chi connectivity index (χ4v) is 2.78. The van der Waals surface area contributed by atoms with E-state index in [1.54, 1.807) is 12.4 Å². The van der Waals surface area contributed by atoms with Crippen molar-refractivity contribution in [3.63, 3.8) is 0 Å². The minimum absolute atomic E-state index is 0.156. The summed E-state index contributed by atoms with van der Waals surface area (Å²) in [6.07, 6.45) is 4.39. The third-order valence-electron chi connectivity index (χ3n) is 4.22. The number of hydrogen-bond donors (Lipinski definition) is 1. The summed E-state index contributed by atoms with van der Waals surface area (Å²) < 4.78 is 0. The van der Waals surface area contributed by atoms with Gasteiger partial charge in [-0.05, 0) is 25.1 Å². The Balaban J connectivity index is 1.57. The van der Waals surface area contributed by atoms with Crippen LogP contribution >= 0.6 is 0 Å². The third-order valence-corrected chi connectivity index (χ3v) is 4.22. The van der Waals surface area contributed by atoms with E-state index in [1.165, 1.54) is 0 Å². The second-order valence-electron chi connectivity index (χ2n) is 6.32. The number of anilines is 1. The van der Waals surface area contributed by atoms with Crippen LogP contribution in [0.4, 0.5) is 5.82 Å². The van der Waals surface area contributed by atoms with E-state index in [0.717, 1.165) is 35.8 Å². The number of rotatable bonds is 7. The first kappa shape index (κ1) is 17.8. The highest BCUT2D eigenvalue weighted by Crippen LogP contribution is 2.17. The van der Waals surface area contributed by atoms with Crippen molar-refractivity contribution >= 4 is 17.4 Å². The summed E-state index contributed by atoms with van der Waals surface area (Å²) in [4.78, 5) is 28.2. The molecule has 2 aromatic rings. The van der Waals surface area contributed by atoms with Crippen LogP contribution in [0.1, 0.15) is 24.6 Å². The number of aromatic nitrogens is 2. The van der Waals surface area contributed by atoms with Crippen LogP contribution in [0.2, 0.25) is 0 Å². The number of carbonyl (C=O) groups is 1. The molecule has 1 amide bonds. The molecule has 0 spiro atoms. The molecule has 1 unspecified atom stereocenters. The van der Waals surface area contributed by atoms with Crippen LogP contribution in [-0.2, 0) is 22.6 Å². The molecule has 2 aromatic heterocycles. The molecule has 0 fully saturated rings. The minimum Gasteiger partial charge on any atom is -0.382 e. The Morgan fingerprint density at radius 2 is 2.12 bits per heavy atom. The first-order valence-electron chi connectivity index (χ1n) is 8.65. The van der Waals surface area contributed by atoms with Crippen molar-refractivity contribution in [3.05, 3.63) is 54.0 Å². The van der Waals surface area contributed by atoms with Crippen molar-refractivity contribution in [1.82, 2.24) is 15.3 Å². The molecule has 1 aliphatic rings. The van der Waals surface area contributed by atoms with E-state index in [4.69, 9.17) is 4.84 Å². The van der Waals surface area contributed by atoms with Crippen LogP contribution in [0, 0.1) is 0 Å². The second kappa shape index (κ2) is 8.42. The molecule has 1 atom stereocenters. The maximum absolute atomic E-state index is 12.2. The maximum atomic E-state index is 12.2. The van der Waals surface area contributed by atoms with Gasteiger partial charge in [0.15, 0.2) is 0 Å². The lowest BCUT2D eigenvalue weighted by Gasteiger charge is -2.21. The molecule has 3 heterocycles. The Labute approximate surface area is 153 Å². The van der Waals surface area contributed by atoms with Crippen molar-refractivity contribution < 1.29 is 9.63 Å². The van der Waals surface area contributed by atoms with E-state index in [2.05, 4.69) is 25.3 Å². The Morgan fingerprint density at radius 1 is 1.27 bits per heavy atom. The van der Waals surface area contributed by atoms with Crippen LogP contribution < -0.4 is 10.2 Å². The smallest absolute Gasteiger partial charge is 0.264 e. The van der Waals surface area contributed by atoms with Crippen molar-refractivity contribution in [2.45, 2.75) is 32.4 Å². The zero-order valence-electron chi connectivity index (χ0n) is 15.1. The third kappa shape index (κ3) is 4.56. The topological polar surface area (TPSA) is 79.7 Å². The normalized spacial score (nSPS) is 15.9. The van der Waals surface area contributed by atoms with Gasteiger partial charge in [0.1, 0.15) is 5.82 Å². The van der Waals surface area contributed by atoms with Crippen molar-refractivity contribution in [2.24, 2.45) is 5.16 Å². The van der Waals surface area contributed by atoms with E-state index in [0.29, 0.717) is 13.0 Å². The second-order valence-corrected chi connectivity index (χ2v) is 6.32. The molecule has 0 bridgehead atoms. The van der Waals surface area contributed by atoms with Gasteiger partial charge in [0, 0.05) is 56.6 Å². The number of oxime groups is 1. The molecular weight excluding hydrogens is 330 g/mol. The monoisotopic (exact) mass is 353 g/mol.